The van der Waals surface area contributed by atoms with E-state index in [2.05, 4.69) is 27.8 Å². The Bertz CT molecular complexity index is 433. The second-order valence-electron chi connectivity index (χ2n) is 3.55. The summed E-state index contributed by atoms with van der Waals surface area (Å²) < 4.78 is 0. The average Bonchev–Trinajstić information content (AvgIpc) is 2.83. The number of aromatic carboxylic acids is 1. The molecule has 2 N–H and O–H groups in total. The van der Waals surface area contributed by atoms with Gasteiger partial charge in [-0.3, -0.25) is 14.8 Å². The number of nitrogens with one attached hydrogen (secondary N) is 1. The zero-order valence-electron chi connectivity index (χ0n) is 8.25. The molecule has 1 aromatic rings. The Morgan fingerprint density at radius 2 is 2.44 bits per heavy atom. The molecule has 0 radical (unpaired) electrons. The predicted molar refractivity (Wildman–Crippen MR) is 57.7 cm³/mol. The van der Waals surface area contributed by atoms with E-state index in [1.165, 1.54) is 4.90 Å². The Morgan fingerprint density at radius 1 is 1.69 bits per heavy atom. The number of amides is 1. The van der Waals surface area contributed by atoms with Gasteiger partial charge in [0.2, 0.25) is 11.7 Å². The number of rotatable bonds is 3. The minimum Gasteiger partial charge on any atom is -0.475 e. The molecule has 0 saturated carbocycles. The van der Waals surface area contributed by atoms with Crippen LogP contribution >= 0.6 is 12.6 Å². The van der Waals surface area contributed by atoms with Gasteiger partial charge in [0, 0.05) is 13.0 Å². The Hall–Kier alpha value is -1.57. The third-order valence-electron chi connectivity index (χ3n) is 2.38. The number of carboxylic acids is 1. The van der Waals surface area contributed by atoms with Crippen molar-refractivity contribution < 1.29 is 14.7 Å². The Kier molecular flexibility index (Phi) is 2.82. The van der Waals surface area contributed by atoms with E-state index in [-0.39, 0.29) is 23.6 Å². The summed E-state index contributed by atoms with van der Waals surface area (Å²) in [7, 11) is 0. The van der Waals surface area contributed by atoms with E-state index in [0.717, 1.165) is 0 Å². The number of carboxylic acid groups (broad SMARTS) is 1. The highest BCUT2D eigenvalue weighted by Crippen LogP contribution is 2.22. The normalized spacial score (nSPS) is 20.4. The van der Waals surface area contributed by atoms with Gasteiger partial charge in [-0.05, 0) is 11.7 Å². The van der Waals surface area contributed by atoms with Gasteiger partial charge in [0.15, 0.2) is 0 Å². The highest BCUT2D eigenvalue weighted by molar-refractivity contribution is 7.80. The van der Waals surface area contributed by atoms with E-state index >= 15 is 0 Å². The minimum atomic E-state index is -1.20. The number of carbonyl (C=O) groups excluding carboxylic acids is 1. The molecule has 1 amide bonds. The number of H-pyrrole nitrogens is 1. The molecule has 0 spiro atoms. The van der Waals surface area contributed by atoms with Gasteiger partial charge in [-0.15, -0.1) is 5.10 Å². The molecule has 1 atom stereocenters. The van der Waals surface area contributed by atoms with Crippen LogP contribution in [0.25, 0.3) is 0 Å². The molecule has 7 nitrogen and oxygen atoms in total. The second-order valence-corrected chi connectivity index (χ2v) is 3.91. The molecule has 16 heavy (non-hydrogen) atoms. The molecule has 1 aromatic heterocycles. The van der Waals surface area contributed by atoms with E-state index in [4.69, 9.17) is 5.11 Å². The summed E-state index contributed by atoms with van der Waals surface area (Å²) in [5.74, 6) is -0.670. The molecule has 0 bridgehead atoms. The van der Waals surface area contributed by atoms with Gasteiger partial charge in [0.25, 0.3) is 5.95 Å². The Labute approximate surface area is 96.3 Å². The number of nitrogens with zero attached hydrogens (tertiary/aromatic N) is 3. The molecule has 1 aliphatic heterocycles. The number of thiol groups is 1. The SMILES string of the molecule is O=C(O)c1nc(N2CC(CS)CC2=O)n[nH]1. The third-order valence-corrected chi connectivity index (χ3v) is 2.90. The number of hydrogen-bond acceptors (Lipinski definition) is 5. The number of carbonyl (C=O) groups is 2. The van der Waals surface area contributed by atoms with Crippen molar-refractivity contribution in [2.75, 3.05) is 17.2 Å². The molecule has 1 unspecified atom stereocenters. The second kappa shape index (κ2) is 4.12. The van der Waals surface area contributed by atoms with Crippen LogP contribution in [0.3, 0.4) is 0 Å². The first-order valence-electron chi connectivity index (χ1n) is 4.68. The largest absolute Gasteiger partial charge is 0.475 e. The summed E-state index contributed by atoms with van der Waals surface area (Å²) in [4.78, 5) is 27.3. The van der Waals surface area contributed by atoms with E-state index < -0.39 is 5.97 Å². The third kappa shape index (κ3) is 1.87. The maximum absolute atomic E-state index is 11.6. The van der Waals surface area contributed by atoms with Crippen LogP contribution in [0.1, 0.15) is 17.0 Å². The first-order chi connectivity index (χ1) is 7.61. The number of aromatic amines is 1. The topological polar surface area (TPSA) is 99.2 Å². The lowest BCUT2D eigenvalue weighted by Crippen LogP contribution is -2.26. The van der Waals surface area contributed by atoms with Crippen molar-refractivity contribution in [3.8, 4) is 0 Å². The zero-order chi connectivity index (χ0) is 11.7. The van der Waals surface area contributed by atoms with Crippen LogP contribution in [0.4, 0.5) is 5.95 Å². The van der Waals surface area contributed by atoms with E-state index in [1.807, 2.05) is 0 Å². The maximum Gasteiger partial charge on any atom is 0.373 e. The van der Waals surface area contributed by atoms with Crippen molar-refractivity contribution in [3.63, 3.8) is 0 Å². The maximum atomic E-state index is 11.6. The van der Waals surface area contributed by atoms with Crippen molar-refractivity contribution in [1.82, 2.24) is 15.2 Å². The molecule has 1 saturated heterocycles. The van der Waals surface area contributed by atoms with Crippen molar-refractivity contribution in [2.24, 2.45) is 5.92 Å². The molecule has 8 heteroatoms. The molecule has 86 valence electrons. The van der Waals surface area contributed by atoms with Gasteiger partial charge >= 0.3 is 5.97 Å². The summed E-state index contributed by atoms with van der Waals surface area (Å²) in [6, 6.07) is 0. The highest BCUT2D eigenvalue weighted by atomic mass is 32.1. The van der Waals surface area contributed by atoms with Crippen molar-refractivity contribution in [3.05, 3.63) is 5.82 Å². The van der Waals surface area contributed by atoms with E-state index in [9.17, 15) is 9.59 Å². The number of aromatic nitrogens is 3. The molecular formula is C8H10N4O3S. The predicted octanol–water partition coefficient (Wildman–Crippen LogP) is -0.214. The van der Waals surface area contributed by atoms with Gasteiger partial charge in [0.05, 0.1) is 0 Å². The standard InChI is InChI=1S/C8H10N4O3S/c13-5-1-4(3-16)2-12(5)8-9-6(7(14)15)10-11-8/h4,16H,1-3H2,(H,14,15)(H,9,10,11). The van der Waals surface area contributed by atoms with Gasteiger partial charge in [-0.1, -0.05) is 0 Å². The molecule has 2 heterocycles. The van der Waals surface area contributed by atoms with Crippen LogP contribution in [-0.2, 0) is 4.79 Å². The van der Waals surface area contributed by atoms with Crippen LogP contribution in [-0.4, -0.2) is 44.5 Å². The van der Waals surface area contributed by atoms with Gasteiger partial charge in [-0.2, -0.15) is 17.6 Å². The van der Waals surface area contributed by atoms with E-state index in [0.29, 0.717) is 18.7 Å². The lowest BCUT2D eigenvalue weighted by Gasteiger charge is -2.10. The van der Waals surface area contributed by atoms with Crippen LogP contribution in [0, 0.1) is 5.92 Å². The molecule has 1 aliphatic rings. The van der Waals surface area contributed by atoms with Crippen molar-refractivity contribution >= 4 is 30.5 Å². The minimum absolute atomic E-state index is 0.102. The smallest absolute Gasteiger partial charge is 0.373 e. The summed E-state index contributed by atoms with van der Waals surface area (Å²) in [6.45, 7) is 0.485. The molecule has 2 rings (SSSR count). The Morgan fingerprint density at radius 3 is 2.94 bits per heavy atom. The van der Waals surface area contributed by atoms with E-state index in [1.54, 1.807) is 0 Å². The fourth-order valence-electron chi connectivity index (χ4n) is 1.57. The van der Waals surface area contributed by atoms with Crippen LogP contribution in [0.2, 0.25) is 0 Å². The first-order valence-corrected chi connectivity index (χ1v) is 5.32. The summed E-state index contributed by atoms with van der Waals surface area (Å²) in [5.41, 5.74) is 0. The Balaban J connectivity index is 2.18. The van der Waals surface area contributed by atoms with Crippen molar-refractivity contribution in [1.29, 1.82) is 0 Å². The fraction of sp³-hybridized carbons (Fsp3) is 0.500. The molecule has 0 aliphatic carbocycles. The highest BCUT2D eigenvalue weighted by Gasteiger charge is 2.32. The summed E-state index contributed by atoms with van der Waals surface area (Å²) in [5, 5.41) is 14.6. The summed E-state index contributed by atoms with van der Waals surface area (Å²) >= 11 is 4.13. The monoisotopic (exact) mass is 242 g/mol. The molecule has 0 aromatic carbocycles. The quantitative estimate of drug-likeness (QED) is 0.637. The molecular weight excluding hydrogens is 232 g/mol. The number of hydrogen-bond donors (Lipinski definition) is 3. The van der Waals surface area contributed by atoms with Crippen LogP contribution in [0.5, 0.6) is 0 Å². The fourth-order valence-corrected chi connectivity index (χ4v) is 1.81. The molecule has 1 fully saturated rings. The first kappa shape index (κ1) is 10.9. The van der Waals surface area contributed by atoms with Gasteiger partial charge in [-0.25, -0.2) is 4.79 Å². The summed E-state index contributed by atoms with van der Waals surface area (Å²) in [6.07, 6.45) is 0.403. The van der Waals surface area contributed by atoms with Crippen molar-refractivity contribution in [2.45, 2.75) is 6.42 Å². The van der Waals surface area contributed by atoms with Gasteiger partial charge in [0.1, 0.15) is 0 Å². The zero-order valence-corrected chi connectivity index (χ0v) is 9.15. The lowest BCUT2D eigenvalue weighted by molar-refractivity contribution is -0.117. The van der Waals surface area contributed by atoms with Crippen LogP contribution < -0.4 is 4.90 Å². The number of anilines is 1. The van der Waals surface area contributed by atoms with Crippen LogP contribution in [0.15, 0.2) is 0 Å². The average molecular weight is 242 g/mol. The lowest BCUT2D eigenvalue weighted by atomic mass is 10.1. The van der Waals surface area contributed by atoms with Gasteiger partial charge < -0.3 is 5.11 Å².